The quantitative estimate of drug-likeness (QED) is 0.406. The van der Waals surface area contributed by atoms with E-state index < -0.39 is 30.6 Å². The van der Waals surface area contributed by atoms with Gasteiger partial charge in [-0.1, -0.05) is 12.1 Å². The maximum absolute atomic E-state index is 13.9. The number of rotatable bonds is 6. The van der Waals surface area contributed by atoms with Crippen LogP contribution in [0.5, 0.6) is 0 Å². The normalized spacial score (nSPS) is 30.2. The number of imidazole rings is 1. The average Bonchev–Trinajstić information content (AvgIpc) is 3.47. The van der Waals surface area contributed by atoms with E-state index in [4.69, 9.17) is 4.74 Å². The monoisotopic (exact) mass is 461 g/mol. The van der Waals surface area contributed by atoms with E-state index in [9.17, 15) is 19.7 Å². The Morgan fingerprint density at radius 3 is 2.75 bits per heavy atom. The fourth-order valence-corrected chi connectivity index (χ4v) is 5.26. The molecule has 1 aliphatic carbocycles. The highest BCUT2D eigenvalue weighted by molar-refractivity contribution is 7.99. The molecule has 1 saturated carbocycles. The summed E-state index contributed by atoms with van der Waals surface area (Å²) in [6.07, 6.45) is 0.990. The number of nitrogens with one attached hydrogen (secondary N) is 1. The van der Waals surface area contributed by atoms with Crippen molar-refractivity contribution in [2.45, 2.75) is 60.8 Å². The minimum Gasteiger partial charge on any atom is -0.391 e. The molecular formula is C21H24FN5O4S. The Hall–Kier alpha value is -2.31. The molecule has 170 valence electrons. The number of thioether (sulfide) groups is 1. The van der Waals surface area contributed by atoms with E-state index in [1.54, 1.807) is 22.8 Å². The molecule has 2 aromatic heterocycles. The van der Waals surface area contributed by atoms with E-state index in [0.717, 1.165) is 19.3 Å². The molecule has 0 spiro atoms. The zero-order valence-electron chi connectivity index (χ0n) is 17.1. The molecular weight excluding hydrogens is 437 g/mol. The third-order valence-corrected chi connectivity index (χ3v) is 7.15. The predicted molar refractivity (Wildman–Crippen MR) is 116 cm³/mol. The minimum atomic E-state index is -1.21. The Labute approximate surface area is 187 Å². The molecule has 5 rings (SSSR count). The standard InChI is InChI=1S/C21H24FN5O4S/c22-11-4-1-2-7-15(11)32-8-14-17(29)18(30)21(31-14)27-10-25-16-19(23-9-24-20(16)27)26-12-5-3-6-13(12)28/h1-2,4,7,9-10,12-14,17-18,21,28-30H,3,5-6,8H2,(H,23,24,26)/t12?,13-,14-,17-,18-,21-/m1/s1. The molecule has 0 bridgehead atoms. The van der Waals surface area contributed by atoms with Crippen LogP contribution in [0.1, 0.15) is 25.5 Å². The molecule has 4 N–H and O–H groups in total. The molecule has 2 aliphatic rings. The summed E-state index contributed by atoms with van der Waals surface area (Å²) in [6.45, 7) is 0. The van der Waals surface area contributed by atoms with Gasteiger partial charge in [-0.05, 0) is 31.4 Å². The van der Waals surface area contributed by atoms with E-state index in [1.165, 1.54) is 30.5 Å². The molecule has 32 heavy (non-hydrogen) atoms. The summed E-state index contributed by atoms with van der Waals surface area (Å²) in [6, 6.07) is 6.28. The molecule has 0 radical (unpaired) electrons. The van der Waals surface area contributed by atoms with Crippen LogP contribution in [0.15, 0.2) is 41.8 Å². The van der Waals surface area contributed by atoms with Crippen molar-refractivity contribution < 1.29 is 24.4 Å². The summed E-state index contributed by atoms with van der Waals surface area (Å²) in [5.41, 5.74) is 0.926. The van der Waals surface area contributed by atoms with Crippen LogP contribution in [0.3, 0.4) is 0 Å². The van der Waals surface area contributed by atoms with Gasteiger partial charge >= 0.3 is 0 Å². The van der Waals surface area contributed by atoms with E-state index in [0.29, 0.717) is 21.9 Å². The molecule has 2 fully saturated rings. The Balaban J connectivity index is 1.34. The van der Waals surface area contributed by atoms with Gasteiger partial charge in [-0.25, -0.2) is 19.3 Å². The van der Waals surface area contributed by atoms with Gasteiger partial charge in [0.1, 0.15) is 24.4 Å². The number of halogens is 1. The Bertz CT molecular complexity index is 1100. The number of aliphatic hydroxyl groups excluding tert-OH is 3. The van der Waals surface area contributed by atoms with E-state index in [2.05, 4.69) is 20.3 Å². The van der Waals surface area contributed by atoms with E-state index in [1.807, 2.05) is 0 Å². The molecule has 1 aliphatic heterocycles. The van der Waals surface area contributed by atoms with Crippen molar-refractivity contribution in [3.05, 3.63) is 42.7 Å². The zero-order chi connectivity index (χ0) is 22.2. The van der Waals surface area contributed by atoms with Crippen molar-refractivity contribution in [2.24, 2.45) is 0 Å². The second kappa shape index (κ2) is 8.91. The number of anilines is 1. The summed E-state index contributed by atoms with van der Waals surface area (Å²) in [4.78, 5) is 13.4. The largest absolute Gasteiger partial charge is 0.391 e. The van der Waals surface area contributed by atoms with Gasteiger partial charge in [0.05, 0.1) is 24.6 Å². The lowest BCUT2D eigenvalue weighted by molar-refractivity contribution is -0.0289. The second-order valence-corrected chi connectivity index (χ2v) is 9.14. The highest BCUT2D eigenvalue weighted by Gasteiger charge is 2.44. The third-order valence-electron chi connectivity index (χ3n) is 6.01. The lowest BCUT2D eigenvalue weighted by Crippen LogP contribution is -2.32. The van der Waals surface area contributed by atoms with Crippen molar-refractivity contribution in [1.82, 2.24) is 19.5 Å². The Morgan fingerprint density at radius 1 is 1.12 bits per heavy atom. The van der Waals surface area contributed by atoms with Crippen molar-refractivity contribution in [2.75, 3.05) is 11.1 Å². The maximum Gasteiger partial charge on any atom is 0.167 e. The van der Waals surface area contributed by atoms with Gasteiger partial charge < -0.3 is 25.4 Å². The summed E-state index contributed by atoms with van der Waals surface area (Å²) in [5.74, 6) is 0.426. The van der Waals surface area contributed by atoms with Crippen molar-refractivity contribution in [3.8, 4) is 0 Å². The number of fused-ring (bicyclic) bond motifs is 1. The molecule has 6 atom stereocenters. The number of aromatic nitrogens is 4. The number of ether oxygens (including phenoxy) is 1. The maximum atomic E-state index is 13.9. The van der Waals surface area contributed by atoms with Gasteiger partial charge in [0, 0.05) is 10.6 Å². The summed E-state index contributed by atoms with van der Waals surface area (Å²) in [5, 5.41) is 34.5. The zero-order valence-corrected chi connectivity index (χ0v) is 17.9. The highest BCUT2D eigenvalue weighted by atomic mass is 32.2. The van der Waals surface area contributed by atoms with Gasteiger partial charge in [0.25, 0.3) is 0 Å². The minimum absolute atomic E-state index is 0.104. The number of nitrogens with zero attached hydrogens (tertiary/aromatic N) is 4. The first-order valence-corrected chi connectivity index (χ1v) is 11.5. The summed E-state index contributed by atoms with van der Waals surface area (Å²) in [7, 11) is 0. The molecule has 3 heterocycles. The van der Waals surface area contributed by atoms with Crippen LogP contribution in [0, 0.1) is 5.82 Å². The number of hydrogen-bond donors (Lipinski definition) is 4. The van der Waals surface area contributed by atoms with Crippen LogP contribution < -0.4 is 5.32 Å². The number of hydrogen-bond acceptors (Lipinski definition) is 9. The second-order valence-electron chi connectivity index (χ2n) is 8.08. The summed E-state index contributed by atoms with van der Waals surface area (Å²) >= 11 is 1.22. The van der Waals surface area contributed by atoms with E-state index in [-0.39, 0.29) is 17.6 Å². The van der Waals surface area contributed by atoms with Crippen LogP contribution in [0.4, 0.5) is 10.2 Å². The molecule has 1 aromatic carbocycles. The summed E-state index contributed by atoms with van der Waals surface area (Å²) < 4.78 is 21.4. The Morgan fingerprint density at radius 2 is 1.97 bits per heavy atom. The molecule has 0 amide bonds. The van der Waals surface area contributed by atoms with Gasteiger partial charge in [0.15, 0.2) is 23.2 Å². The van der Waals surface area contributed by atoms with Gasteiger partial charge in [-0.3, -0.25) is 4.57 Å². The highest BCUT2D eigenvalue weighted by Crippen LogP contribution is 2.35. The van der Waals surface area contributed by atoms with Crippen LogP contribution in [-0.4, -0.2) is 71.0 Å². The van der Waals surface area contributed by atoms with Crippen molar-refractivity contribution in [3.63, 3.8) is 0 Å². The first-order chi connectivity index (χ1) is 15.5. The predicted octanol–water partition coefficient (Wildman–Crippen LogP) is 1.70. The molecule has 1 saturated heterocycles. The molecule has 9 nitrogen and oxygen atoms in total. The SMILES string of the molecule is O[C@@H]1[C@H](O)[C@@H](CSc2ccccc2F)O[C@H]1n1cnc2c(NC3CCC[C@H]3O)ncnc21. The fraction of sp³-hybridized carbons (Fsp3) is 0.476. The molecule has 11 heteroatoms. The van der Waals surface area contributed by atoms with Crippen molar-refractivity contribution in [1.29, 1.82) is 0 Å². The van der Waals surface area contributed by atoms with Crippen LogP contribution in [0.2, 0.25) is 0 Å². The van der Waals surface area contributed by atoms with Crippen LogP contribution in [0.25, 0.3) is 11.2 Å². The topological polar surface area (TPSA) is 126 Å². The van der Waals surface area contributed by atoms with Gasteiger partial charge in [-0.15, -0.1) is 11.8 Å². The first-order valence-electron chi connectivity index (χ1n) is 10.5. The van der Waals surface area contributed by atoms with Crippen LogP contribution >= 0.6 is 11.8 Å². The number of aliphatic hydroxyl groups is 3. The average molecular weight is 462 g/mol. The van der Waals surface area contributed by atoms with E-state index >= 15 is 0 Å². The van der Waals surface area contributed by atoms with Gasteiger partial charge in [0.2, 0.25) is 0 Å². The molecule has 3 aromatic rings. The lowest BCUT2D eigenvalue weighted by atomic mass is 10.1. The fourth-order valence-electron chi connectivity index (χ4n) is 4.26. The smallest absolute Gasteiger partial charge is 0.167 e. The lowest BCUT2D eigenvalue weighted by Gasteiger charge is -2.18. The van der Waals surface area contributed by atoms with Gasteiger partial charge in [-0.2, -0.15) is 0 Å². The molecule has 1 unspecified atom stereocenters. The number of benzene rings is 1. The van der Waals surface area contributed by atoms with Crippen molar-refractivity contribution >= 4 is 28.7 Å². The Kier molecular flexibility index (Phi) is 5.99. The first kappa shape index (κ1) is 21.5. The third kappa shape index (κ3) is 3.95. The van der Waals surface area contributed by atoms with Crippen LogP contribution in [-0.2, 0) is 4.74 Å².